The zero-order valence-electron chi connectivity index (χ0n) is 9.34. The van der Waals surface area contributed by atoms with E-state index >= 15 is 0 Å². The van der Waals surface area contributed by atoms with Gasteiger partial charge in [0, 0.05) is 0 Å². The van der Waals surface area contributed by atoms with Crippen LogP contribution in [0.1, 0.15) is 5.56 Å². The van der Waals surface area contributed by atoms with Gasteiger partial charge < -0.3 is 4.74 Å². The molecule has 0 saturated carbocycles. The molecule has 0 bridgehead atoms. The summed E-state index contributed by atoms with van der Waals surface area (Å²) in [6.07, 6.45) is 3.81. The highest BCUT2D eigenvalue weighted by atomic mass is 19.1. The third-order valence-electron chi connectivity index (χ3n) is 2.28. The molecular formula is C15H13FO. The van der Waals surface area contributed by atoms with Gasteiger partial charge in [0.1, 0.15) is 6.61 Å². The first-order valence-electron chi connectivity index (χ1n) is 5.45. The van der Waals surface area contributed by atoms with E-state index in [-0.39, 0.29) is 11.6 Å². The number of rotatable bonds is 4. The molecule has 0 unspecified atom stereocenters. The van der Waals surface area contributed by atoms with Gasteiger partial charge in [-0.05, 0) is 23.8 Å². The highest BCUT2D eigenvalue weighted by Crippen LogP contribution is 2.15. The summed E-state index contributed by atoms with van der Waals surface area (Å²) in [5, 5.41) is 0. The van der Waals surface area contributed by atoms with E-state index in [1.54, 1.807) is 18.2 Å². The molecular weight excluding hydrogens is 215 g/mol. The predicted octanol–water partition coefficient (Wildman–Crippen LogP) is 3.92. The van der Waals surface area contributed by atoms with Crippen molar-refractivity contribution in [3.8, 4) is 5.75 Å². The van der Waals surface area contributed by atoms with Gasteiger partial charge in [0.05, 0.1) is 0 Å². The smallest absolute Gasteiger partial charge is 0.165 e. The zero-order valence-corrected chi connectivity index (χ0v) is 9.34. The Labute approximate surface area is 100 Å². The fourth-order valence-electron chi connectivity index (χ4n) is 1.45. The molecule has 0 aliphatic carbocycles. The lowest BCUT2D eigenvalue weighted by molar-refractivity contribution is 0.342. The van der Waals surface area contributed by atoms with Crippen molar-refractivity contribution in [1.82, 2.24) is 0 Å². The van der Waals surface area contributed by atoms with Gasteiger partial charge in [0.25, 0.3) is 0 Å². The monoisotopic (exact) mass is 228 g/mol. The van der Waals surface area contributed by atoms with Crippen LogP contribution in [0, 0.1) is 5.82 Å². The third-order valence-corrected chi connectivity index (χ3v) is 2.28. The molecule has 2 heteroatoms. The first kappa shape index (κ1) is 11.4. The zero-order chi connectivity index (χ0) is 11.9. The highest BCUT2D eigenvalue weighted by Gasteiger charge is 1.98. The lowest BCUT2D eigenvalue weighted by atomic mass is 10.2. The predicted molar refractivity (Wildman–Crippen MR) is 67.4 cm³/mol. The van der Waals surface area contributed by atoms with Crippen LogP contribution in [0.5, 0.6) is 5.75 Å². The standard InChI is InChI=1S/C15H13FO/c16-14-10-4-5-11-15(14)17-12-6-9-13-7-2-1-3-8-13/h1-11H,12H2. The van der Waals surface area contributed by atoms with Crippen molar-refractivity contribution in [1.29, 1.82) is 0 Å². The maximum absolute atomic E-state index is 13.2. The van der Waals surface area contributed by atoms with Gasteiger partial charge in [0.15, 0.2) is 11.6 Å². The molecule has 1 nitrogen and oxygen atoms in total. The van der Waals surface area contributed by atoms with Crippen LogP contribution in [0.3, 0.4) is 0 Å². The summed E-state index contributed by atoms with van der Waals surface area (Å²) in [6, 6.07) is 16.3. The van der Waals surface area contributed by atoms with Gasteiger partial charge in [0.2, 0.25) is 0 Å². The first-order valence-corrected chi connectivity index (χ1v) is 5.45. The molecule has 0 fully saturated rings. The van der Waals surface area contributed by atoms with Crippen molar-refractivity contribution in [3.05, 3.63) is 72.1 Å². The van der Waals surface area contributed by atoms with Gasteiger partial charge in [-0.3, -0.25) is 0 Å². The molecule has 0 heterocycles. The Bertz CT molecular complexity index is 491. The highest BCUT2D eigenvalue weighted by molar-refractivity contribution is 5.48. The van der Waals surface area contributed by atoms with Crippen molar-refractivity contribution in [2.24, 2.45) is 0 Å². The fraction of sp³-hybridized carbons (Fsp3) is 0.0667. The summed E-state index contributed by atoms with van der Waals surface area (Å²) in [7, 11) is 0. The molecule has 2 rings (SSSR count). The average molecular weight is 228 g/mol. The minimum absolute atomic E-state index is 0.283. The molecule has 2 aromatic carbocycles. The first-order chi connectivity index (χ1) is 8.36. The van der Waals surface area contributed by atoms with Gasteiger partial charge in [-0.1, -0.05) is 48.5 Å². The SMILES string of the molecule is Fc1ccccc1OCC=Cc1ccccc1. The Hall–Kier alpha value is -2.09. The number of hydrogen-bond acceptors (Lipinski definition) is 1. The van der Waals surface area contributed by atoms with E-state index in [2.05, 4.69) is 0 Å². The lowest BCUT2D eigenvalue weighted by Gasteiger charge is -2.03. The van der Waals surface area contributed by atoms with E-state index in [1.165, 1.54) is 6.07 Å². The number of ether oxygens (including phenoxy) is 1. The molecule has 0 aliphatic rings. The fourth-order valence-corrected chi connectivity index (χ4v) is 1.45. The van der Waals surface area contributed by atoms with E-state index < -0.39 is 0 Å². The van der Waals surface area contributed by atoms with Crippen molar-refractivity contribution in [2.45, 2.75) is 0 Å². The van der Waals surface area contributed by atoms with E-state index in [4.69, 9.17) is 4.74 Å². The largest absolute Gasteiger partial charge is 0.486 e. The second-order valence-corrected chi connectivity index (χ2v) is 3.55. The van der Waals surface area contributed by atoms with Crippen LogP contribution in [0.25, 0.3) is 6.08 Å². The van der Waals surface area contributed by atoms with Crippen LogP contribution < -0.4 is 4.74 Å². The Balaban J connectivity index is 1.88. The normalized spacial score (nSPS) is 10.6. The minimum atomic E-state index is -0.333. The van der Waals surface area contributed by atoms with Gasteiger partial charge in [-0.2, -0.15) is 0 Å². The number of benzene rings is 2. The van der Waals surface area contributed by atoms with Crippen LogP contribution in [0.4, 0.5) is 4.39 Å². The molecule has 86 valence electrons. The van der Waals surface area contributed by atoms with Crippen LogP contribution in [-0.4, -0.2) is 6.61 Å². The van der Waals surface area contributed by atoms with E-state index in [9.17, 15) is 4.39 Å². The minimum Gasteiger partial charge on any atom is -0.486 e. The van der Waals surface area contributed by atoms with E-state index in [0.29, 0.717) is 6.61 Å². The summed E-state index contributed by atoms with van der Waals surface area (Å²) in [5.41, 5.74) is 1.10. The Kier molecular flexibility index (Phi) is 3.92. The Morgan fingerprint density at radius 3 is 2.41 bits per heavy atom. The van der Waals surface area contributed by atoms with Crippen molar-refractivity contribution < 1.29 is 9.13 Å². The third kappa shape index (κ3) is 3.45. The summed E-state index contributed by atoms with van der Waals surface area (Å²) in [5.74, 6) is -0.0502. The van der Waals surface area contributed by atoms with Crippen molar-refractivity contribution >= 4 is 6.08 Å². The quantitative estimate of drug-likeness (QED) is 0.770. The molecule has 0 N–H and O–H groups in total. The molecule has 0 radical (unpaired) electrons. The van der Waals surface area contributed by atoms with Crippen LogP contribution >= 0.6 is 0 Å². The maximum atomic E-state index is 13.2. The summed E-state index contributed by atoms with van der Waals surface area (Å²) >= 11 is 0. The molecule has 2 aromatic rings. The van der Waals surface area contributed by atoms with Crippen molar-refractivity contribution in [3.63, 3.8) is 0 Å². The summed E-state index contributed by atoms with van der Waals surface area (Å²) in [6.45, 7) is 0.357. The summed E-state index contributed by atoms with van der Waals surface area (Å²) < 4.78 is 18.5. The Morgan fingerprint density at radius 2 is 1.65 bits per heavy atom. The molecule has 0 atom stereocenters. The number of halogens is 1. The molecule has 0 spiro atoms. The number of para-hydroxylation sites is 1. The average Bonchev–Trinajstić information content (AvgIpc) is 2.38. The van der Waals surface area contributed by atoms with Gasteiger partial charge in [-0.25, -0.2) is 4.39 Å². The second kappa shape index (κ2) is 5.85. The molecule has 17 heavy (non-hydrogen) atoms. The van der Waals surface area contributed by atoms with E-state index in [1.807, 2.05) is 42.5 Å². The molecule has 0 amide bonds. The second-order valence-electron chi connectivity index (χ2n) is 3.55. The van der Waals surface area contributed by atoms with Crippen LogP contribution in [0.15, 0.2) is 60.7 Å². The molecule has 0 aromatic heterocycles. The van der Waals surface area contributed by atoms with Gasteiger partial charge >= 0.3 is 0 Å². The molecule has 0 saturated heterocycles. The van der Waals surface area contributed by atoms with Crippen molar-refractivity contribution in [2.75, 3.05) is 6.61 Å². The maximum Gasteiger partial charge on any atom is 0.165 e. The topological polar surface area (TPSA) is 9.23 Å². The lowest BCUT2D eigenvalue weighted by Crippen LogP contribution is -1.95. The van der Waals surface area contributed by atoms with E-state index in [0.717, 1.165) is 5.56 Å². The number of hydrogen-bond donors (Lipinski definition) is 0. The Morgan fingerprint density at radius 1 is 0.941 bits per heavy atom. The van der Waals surface area contributed by atoms with Crippen LogP contribution in [0.2, 0.25) is 0 Å². The van der Waals surface area contributed by atoms with Gasteiger partial charge in [-0.15, -0.1) is 0 Å². The molecule has 0 aliphatic heterocycles. The van der Waals surface area contributed by atoms with Crippen LogP contribution in [-0.2, 0) is 0 Å². The summed E-state index contributed by atoms with van der Waals surface area (Å²) in [4.78, 5) is 0.